The van der Waals surface area contributed by atoms with Crippen molar-refractivity contribution >= 4 is 35.6 Å². The van der Waals surface area contributed by atoms with Gasteiger partial charge in [0.1, 0.15) is 5.76 Å². The molecule has 0 aliphatic carbocycles. The third-order valence-corrected chi connectivity index (χ3v) is 4.48. The molecule has 154 valence electrons. The second-order valence-electron chi connectivity index (χ2n) is 7.22. The predicted molar refractivity (Wildman–Crippen MR) is 131 cm³/mol. The van der Waals surface area contributed by atoms with E-state index in [1.165, 1.54) is 22.3 Å². The number of nitrogens with zero attached hydrogens (tertiary/aromatic N) is 2. The van der Waals surface area contributed by atoms with Crippen LogP contribution in [0.5, 0.6) is 0 Å². The lowest BCUT2D eigenvalue weighted by Gasteiger charge is -2.17. The number of benzene rings is 2. The normalized spacial score (nSPS) is 11.4. The summed E-state index contributed by atoms with van der Waals surface area (Å²) in [5, 5.41) is 3.19. The monoisotopic (exact) mass is 504 g/mol. The van der Waals surface area contributed by atoms with Crippen LogP contribution in [0.1, 0.15) is 28.0 Å². The molecule has 1 heterocycles. The number of rotatable bonds is 7. The molecule has 0 saturated carbocycles. The van der Waals surface area contributed by atoms with Crippen LogP contribution in [-0.2, 0) is 19.6 Å². The molecule has 0 atom stereocenters. The van der Waals surface area contributed by atoms with Crippen molar-refractivity contribution in [1.29, 1.82) is 0 Å². The van der Waals surface area contributed by atoms with Crippen molar-refractivity contribution < 1.29 is 4.42 Å². The number of hydrogen-bond acceptors (Lipinski definition) is 3. The Balaban J connectivity index is 0.00000300. The van der Waals surface area contributed by atoms with Gasteiger partial charge in [0.2, 0.25) is 0 Å². The third kappa shape index (κ3) is 7.21. The molecule has 0 aliphatic rings. The minimum Gasteiger partial charge on any atom is -0.468 e. The summed E-state index contributed by atoms with van der Waals surface area (Å²) in [6.07, 6.45) is 1.71. The molecule has 5 nitrogen and oxygen atoms in total. The SMILES string of the molecule is Cc1cc(C)cc(NC(N)=NCc2ccccc2CN(C)Cc2ccco2)c1.I. The molecule has 0 unspecified atom stereocenters. The Labute approximate surface area is 190 Å². The first-order chi connectivity index (χ1) is 13.5. The average molecular weight is 504 g/mol. The minimum atomic E-state index is 0. The Kier molecular flexibility index (Phi) is 8.72. The molecular formula is C23H29IN4O. The summed E-state index contributed by atoms with van der Waals surface area (Å²) < 4.78 is 5.44. The number of hydrogen-bond donors (Lipinski definition) is 2. The van der Waals surface area contributed by atoms with E-state index in [1.54, 1.807) is 6.26 Å². The van der Waals surface area contributed by atoms with Gasteiger partial charge in [-0.2, -0.15) is 0 Å². The number of furan rings is 1. The Morgan fingerprint density at radius 3 is 2.34 bits per heavy atom. The fourth-order valence-corrected chi connectivity index (χ4v) is 3.29. The topological polar surface area (TPSA) is 66.8 Å². The van der Waals surface area contributed by atoms with Gasteiger partial charge in [0, 0.05) is 12.2 Å². The summed E-state index contributed by atoms with van der Waals surface area (Å²) >= 11 is 0. The van der Waals surface area contributed by atoms with Crippen molar-refractivity contribution in [2.75, 3.05) is 12.4 Å². The Morgan fingerprint density at radius 1 is 1.00 bits per heavy atom. The van der Waals surface area contributed by atoms with Crippen molar-refractivity contribution in [3.8, 4) is 0 Å². The molecule has 0 radical (unpaired) electrons. The van der Waals surface area contributed by atoms with Gasteiger partial charge in [0.25, 0.3) is 0 Å². The van der Waals surface area contributed by atoms with Gasteiger partial charge in [0.15, 0.2) is 5.96 Å². The van der Waals surface area contributed by atoms with Gasteiger partial charge in [0.05, 0.1) is 19.4 Å². The largest absolute Gasteiger partial charge is 0.468 e. The van der Waals surface area contributed by atoms with Crippen LogP contribution in [0, 0.1) is 13.8 Å². The van der Waals surface area contributed by atoms with Crippen molar-refractivity contribution in [1.82, 2.24) is 4.90 Å². The molecule has 0 spiro atoms. The molecule has 29 heavy (non-hydrogen) atoms. The third-order valence-electron chi connectivity index (χ3n) is 4.48. The van der Waals surface area contributed by atoms with E-state index in [-0.39, 0.29) is 24.0 Å². The van der Waals surface area contributed by atoms with Crippen molar-refractivity contribution in [3.63, 3.8) is 0 Å². The van der Waals surface area contributed by atoms with Crippen LogP contribution in [0.4, 0.5) is 5.69 Å². The van der Waals surface area contributed by atoms with Gasteiger partial charge in [-0.1, -0.05) is 30.3 Å². The Bertz CT molecular complexity index is 918. The second kappa shape index (κ2) is 11.0. The maximum atomic E-state index is 6.11. The number of aryl methyl sites for hydroxylation is 2. The van der Waals surface area contributed by atoms with E-state index < -0.39 is 0 Å². The van der Waals surface area contributed by atoms with Crippen LogP contribution in [0.2, 0.25) is 0 Å². The van der Waals surface area contributed by atoms with Gasteiger partial charge in [-0.05, 0) is 67.4 Å². The molecule has 0 aliphatic heterocycles. The van der Waals surface area contributed by atoms with Crippen LogP contribution in [0.3, 0.4) is 0 Å². The molecule has 0 fully saturated rings. The highest BCUT2D eigenvalue weighted by Gasteiger charge is 2.07. The molecule has 0 saturated heterocycles. The minimum absolute atomic E-state index is 0. The summed E-state index contributed by atoms with van der Waals surface area (Å²) in [5.41, 5.74) is 11.9. The summed E-state index contributed by atoms with van der Waals surface area (Å²) in [6.45, 7) is 6.26. The van der Waals surface area contributed by atoms with E-state index in [0.29, 0.717) is 12.5 Å². The standard InChI is InChI=1S/C23H28N4O.HI/c1-17-11-18(2)13-21(12-17)26-23(24)25-14-19-7-4-5-8-20(19)15-27(3)16-22-9-6-10-28-22;/h4-13H,14-16H2,1-3H3,(H3,24,25,26);1H. The van der Waals surface area contributed by atoms with Gasteiger partial charge in [-0.3, -0.25) is 4.90 Å². The van der Waals surface area contributed by atoms with Gasteiger partial charge >= 0.3 is 0 Å². The fourth-order valence-electron chi connectivity index (χ4n) is 3.29. The van der Waals surface area contributed by atoms with Gasteiger partial charge in [-0.15, -0.1) is 24.0 Å². The molecule has 3 rings (SSSR count). The average Bonchev–Trinajstić information content (AvgIpc) is 3.13. The first-order valence-corrected chi connectivity index (χ1v) is 9.42. The number of halogens is 1. The van der Waals surface area contributed by atoms with Crippen LogP contribution < -0.4 is 11.1 Å². The lowest BCUT2D eigenvalue weighted by Crippen LogP contribution is -2.23. The summed E-state index contributed by atoms with van der Waals surface area (Å²) in [4.78, 5) is 6.76. The van der Waals surface area contributed by atoms with E-state index in [4.69, 9.17) is 10.2 Å². The van der Waals surface area contributed by atoms with Crippen LogP contribution >= 0.6 is 24.0 Å². The van der Waals surface area contributed by atoms with E-state index in [2.05, 4.69) is 72.5 Å². The van der Waals surface area contributed by atoms with Crippen LogP contribution in [0.25, 0.3) is 0 Å². The zero-order valence-electron chi connectivity index (χ0n) is 17.2. The van der Waals surface area contributed by atoms with Gasteiger partial charge < -0.3 is 15.5 Å². The molecular weight excluding hydrogens is 475 g/mol. The highest BCUT2D eigenvalue weighted by Crippen LogP contribution is 2.16. The lowest BCUT2D eigenvalue weighted by atomic mass is 10.1. The zero-order chi connectivity index (χ0) is 19.9. The number of guanidine groups is 1. The molecule has 0 amide bonds. The first-order valence-electron chi connectivity index (χ1n) is 9.42. The smallest absolute Gasteiger partial charge is 0.193 e. The molecule has 3 aromatic rings. The Morgan fingerprint density at radius 2 is 1.69 bits per heavy atom. The number of nitrogens with two attached hydrogens (primary N) is 1. The summed E-state index contributed by atoms with van der Waals surface area (Å²) in [7, 11) is 2.08. The maximum Gasteiger partial charge on any atom is 0.193 e. The number of aliphatic imine (C=N–C) groups is 1. The van der Waals surface area contributed by atoms with Gasteiger partial charge in [-0.25, -0.2) is 4.99 Å². The highest BCUT2D eigenvalue weighted by atomic mass is 127. The number of anilines is 1. The van der Waals surface area contributed by atoms with Crippen molar-refractivity contribution in [3.05, 3.63) is 88.9 Å². The maximum absolute atomic E-state index is 6.11. The van der Waals surface area contributed by atoms with E-state index >= 15 is 0 Å². The van der Waals surface area contributed by atoms with E-state index in [9.17, 15) is 0 Å². The highest BCUT2D eigenvalue weighted by molar-refractivity contribution is 14.0. The Hall–Kier alpha value is -2.32. The molecule has 0 bridgehead atoms. The predicted octanol–water partition coefficient (Wildman–Crippen LogP) is 5.07. The summed E-state index contributed by atoms with van der Waals surface area (Å²) in [5.74, 6) is 1.38. The molecule has 6 heteroatoms. The quantitative estimate of drug-likeness (QED) is 0.268. The first kappa shape index (κ1) is 23.0. The molecule has 1 aromatic heterocycles. The van der Waals surface area contributed by atoms with Crippen molar-refractivity contribution in [2.45, 2.75) is 33.5 Å². The lowest BCUT2D eigenvalue weighted by molar-refractivity contribution is 0.287. The van der Waals surface area contributed by atoms with Crippen molar-refractivity contribution in [2.24, 2.45) is 10.7 Å². The van der Waals surface area contributed by atoms with Crippen LogP contribution in [0.15, 0.2) is 70.3 Å². The fraction of sp³-hybridized carbons (Fsp3) is 0.261. The van der Waals surface area contributed by atoms with E-state index in [1.807, 2.05) is 18.2 Å². The number of nitrogens with one attached hydrogen (secondary N) is 1. The van der Waals surface area contributed by atoms with E-state index in [0.717, 1.165) is 24.5 Å². The molecule has 3 N–H and O–H groups in total. The summed E-state index contributed by atoms with van der Waals surface area (Å²) in [6, 6.07) is 18.5. The molecule has 2 aromatic carbocycles. The van der Waals surface area contributed by atoms with Crippen LogP contribution in [-0.4, -0.2) is 17.9 Å². The second-order valence-corrected chi connectivity index (χ2v) is 7.22. The zero-order valence-corrected chi connectivity index (χ0v) is 19.5.